The molecule has 0 aromatic heterocycles. The summed E-state index contributed by atoms with van der Waals surface area (Å²) >= 11 is 1.80. The molecular formula is C21H26N2O2S. The molecule has 0 radical (unpaired) electrons. The van der Waals surface area contributed by atoms with E-state index in [-0.39, 0.29) is 17.9 Å². The van der Waals surface area contributed by atoms with Crippen molar-refractivity contribution >= 4 is 29.7 Å². The fourth-order valence-electron chi connectivity index (χ4n) is 4.24. The molecule has 4 nitrogen and oxygen atoms in total. The highest BCUT2D eigenvalue weighted by atomic mass is 32.2. The Balaban J connectivity index is 1.27. The fraction of sp³-hybridized carbons (Fsp3) is 0.524. The van der Waals surface area contributed by atoms with E-state index < -0.39 is 0 Å². The summed E-state index contributed by atoms with van der Waals surface area (Å²) in [6.07, 6.45) is 7.45. The number of thioether (sulfide) groups is 1. The first-order valence-electron chi connectivity index (χ1n) is 9.66. The molecule has 1 atom stereocenters. The Bertz CT molecular complexity index is 724. The van der Waals surface area contributed by atoms with E-state index in [4.69, 9.17) is 0 Å². The van der Waals surface area contributed by atoms with Gasteiger partial charge in [0.2, 0.25) is 11.8 Å². The Morgan fingerprint density at radius 3 is 2.88 bits per heavy atom. The smallest absolute Gasteiger partial charge is 0.246 e. The number of amides is 2. The van der Waals surface area contributed by atoms with Crippen molar-refractivity contribution in [3.63, 3.8) is 0 Å². The van der Waals surface area contributed by atoms with Gasteiger partial charge in [-0.25, -0.2) is 0 Å². The zero-order chi connectivity index (χ0) is 17.9. The molecular weight excluding hydrogens is 344 g/mol. The van der Waals surface area contributed by atoms with E-state index in [1.54, 1.807) is 11.8 Å². The molecule has 2 amide bonds. The molecule has 0 saturated carbocycles. The molecule has 0 N–H and O–H groups in total. The van der Waals surface area contributed by atoms with Crippen molar-refractivity contribution in [2.24, 2.45) is 0 Å². The van der Waals surface area contributed by atoms with Gasteiger partial charge in [-0.2, -0.15) is 0 Å². The van der Waals surface area contributed by atoms with Gasteiger partial charge in [-0.05, 0) is 43.2 Å². The predicted molar refractivity (Wildman–Crippen MR) is 106 cm³/mol. The molecule has 3 aliphatic rings. The average molecular weight is 371 g/mol. The second-order valence-electron chi connectivity index (χ2n) is 7.42. The van der Waals surface area contributed by atoms with E-state index in [2.05, 4.69) is 30.3 Å². The van der Waals surface area contributed by atoms with Crippen LogP contribution in [0.1, 0.15) is 43.2 Å². The number of carbonyl (C=O) groups is 2. The van der Waals surface area contributed by atoms with Crippen molar-refractivity contribution in [3.8, 4) is 0 Å². The predicted octanol–water partition coefficient (Wildman–Crippen LogP) is 3.32. The number of benzene rings is 1. The molecule has 1 aliphatic carbocycles. The Kier molecular flexibility index (Phi) is 5.34. The van der Waals surface area contributed by atoms with Gasteiger partial charge < -0.3 is 9.80 Å². The van der Waals surface area contributed by atoms with Crippen molar-refractivity contribution in [1.29, 1.82) is 0 Å². The van der Waals surface area contributed by atoms with E-state index in [0.717, 1.165) is 56.8 Å². The number of allylic oxidation sites excluding steroid dienone is 1. The Labute approximate surface area is 159 Å². The molecule has 1 aromatic rings. The minimum absolute atomic E-state index is 0.156. The van der Waals surface area contributed by atoms with E-state index in [0.29, 0.717) is 6.42 Å². The Hall–Kier alpha value is -1.75. The van der Waals surface area contributed by atoms with Crippen molar-refractivity contribution in [3.05, 3.63) is 41.0 Å². The summed E-state index contributed by atoms with van der Waals surface area (Å²) in [7, 11) is 0. The second-order valence-corrected chi connectivity index (χ2v) is 8.49. The van der Waals surface area contributed by atoms with Crippen LogP contribution in [0.3, 0.4) is 0 Å². The number of nitrogens with zero attached hydrogens (tertiary/aromatic N) is 2. The third-order valence-electron chi connectivity index (χ3n) is 5.64. The average Bonchev–Trinajstić information content (AvgIpc) is 3.40. The summed E-state index contributed by atoms with van der Waals surface area (Å²) in [6.45, 7) is 1.57. The van der Waals surface area contributed by atoms with E-state index >= 15 is 0 Å². The number of hydrogen-bond donors (Lipinski definition) is 0. The topological polar surface area (TPSA) is 40.6 Å². The molecule has 2 saturated heterocycles. The molecule has 138 valence electrons. The minimum atomic E-state index is -0.212. The van der Waals surface area contributed by atoms with Crippen LogP contribution in [0.2, 0.25) is 0 Å². The zero-order valence-corrected chi connectivity index (χ0v) is 16.0. The van der Waals surface area contributed by atoms with Crippen LogP contribution < -0.4 is 0 Å². The highest BCUT2D eigenvalue weighted by molar-refractivity contribution is 7.99. The molecule has 0 spiro atoms. The standard InChI is InChI=1S/C21H26N2O2S/c24-20(9-3-5-16-13-17-6-1-2-7-18(17)14-16)23-10-4-8-19(23)21(25)22-11-12-26-15-22/h1-2,6-7,13,19H,3-5,8-12,14-15H2/t19-/m0/s1. The summed E-state index contributed by atoms with van der Waals surface area (Å²) < 4.78 is 0. The molecule has 26 heavy (non-hydrogen) atoms. The highest BCUT2D eigenvalue weighted by Crippen LogP contribution is 2.28. The largest absolute Gasteiger partial charge is 0.331 e. The van der Waals surface area contributed by atoms with Crippen LogP contribution in [0.15, 0.2) is 29.8 Å². The van der Waals surface area contributed by atoms with E-state index in [9.17, 15) is 9.59 Å². The summed E-state index contributed by atoms with van der Waals surface area (Å²) in [5.41, 5.74) is 4.13. The molecule has 0 unspecified atom stereocenters. The van der Waals surface area contributed by atoms with Crippen molar-refractivity contribution < 1.29 is 9.59 Å². The van der Waals surface area contributed by atoms with Crippen LogP contribution in [-0.2, 0) is 16.0 Å². The molecule has 2 aliphatic heterocycles. The molecule has 2 heterocycles. The van der Waals surface area contributed by atoms with Gasteiger partial charge in [0.15, 0.2) is 0 Å². The number of hydrogen-bond acceptors (Lipinski definition) is 3. The van der Waals surface area contributed by atoms with Crippen molar-refractivity contribution in [1.82, 2.24) is 9.80 Å². The maximum absolute atomic E-state index is 12.7. The van der Waals surface area contributed by atoms with E-state index in [1.165, 1.54) is 16.7 Å². The Morgan fingerprint density at radius 2 is 2.08 bits per heavy atom. The molecule has 0 bridgehead atoms. The molecule has 5 heteroatoms. The second kappa shape index (κ2) is 7.87. The van der Waals surface area contributed by atoms with Gasteiger partial charge in [0.05, 0.1) is 5.88 Å². The van der Waals surface area contributed by atoms with Crippen LogP contribution in [0.4, 0.5) is 0 Å². The van der Waals surface area contributed by atoms with Crippen molar-refractivity contribution in [2.45, 2.75) is 44.6 Å². The maximum atomic E-state index is 12.7. The lowest BCUT2D eigenvalue weighted by Gasteiger charge is -2.27. The molecule has 2 fully saturated rings. The lowest BCUT2D eigenvalue weighted by atomic mass is 10.1. The van der Waals surface area contributed by atoms with Gasteiger partial charge in [-0.15, -0.1) is 11.8 Å². The lowest BCUT2D eigenvalue weighted by molar-refractivity contribution is -0.143. The number of likely N-dealkylation sites (tertiary alicyclic amines) is 1. The number of carbonyl (C=O) groups excluding carboxylic acids is 2. The maximum Gasteiger partial charge on any atom is 0.246 e. The minimum Gasteiger partial charge on any atom is -0.331 e. The van der Waals surface area contributed by atoms with Gasteiger partial charge in [-0.3, -0.25) is 9.59 Å². The Morgan fingerprint density at radius 1 is 1.19 bits per heavy atom. The number of fused-ring (bicyclic) bond motifs is 1. The van der Waals surface area contributed by atoms with Crippen molar-refractivity contribution in [2.75, 3.05) is 24.7 Å². The first-order valence-corrected chi connectivity index (χ1v) is 10.8. The van der Waals surface area contributed by atoms with Crippen LogP contribution >= 0.6 is 11.8 Å². The van der Waals surface area contributed by atoms with Gasteiger partial charge >= 0.3 is 0 Å². The van der Waals surface area contributed by atoms with Crippen LogP contribution in [-0.4, -0.2) is 52.4 Å². The SMILES string of the molecule is O=C([C@@H]1CCCN1C(=O)CCCC1=Cc2ccccc2C1)N1CCSC1. The van der Waals surface area contributed by atoms with E-state index in [1.807, 2.05) is 9.80 Å². The third-order valence-corrected chi connectivity index (χ3v) is 6.61. The summed E-state index contributed by atoms with van der Waals surface area (Å²) in [6, 6.07) is 8.29. The van der Waals surface area contributed by atoms with Gasteiger partial charge in [0, 0.05) is 25.3 Å². The van der Waals surface area contributed by atoms with Crippen LogP contribution in [0.5, 0.6) is 0 Å². The lowest BCUT2D eigenvalue weighted by Crippen LogP contribution is -2.46. The monoisotopic (exact) mass is 370 g/mol. The van der Waals surface area contributed by atoms with Crippen LogP contribution in [0.25, 0.3) is 6.08 Å². The number of rotatable bonds is 5. The molecule has 1 aromatic carbocycles. The third kappa shape index (κ3) is 3.68. The summed E-state index contributed by atoms with van der Waals surface area (Å²) in [5.74, 6) is 2.12. The van der Waals surface area contributed by atoms with Gasteiger partial charge in [-0.1, -0.05) is 35.9 Å². The fourth-order valence-corrected chi connectivity index (χ4v) is 5.20. The van der Waals surface area contributed by atoms with Crippen LogP contribution in [0, 0.1) is 0 Å². The normalized spacial score (nSPS) is 21.8. The quantitative estimate of drug-likeness (QED) is 0.798. The molecule has 4 rings (SSSR count). The first kappa shape index (κ1) is 17.7. The summed E-state index contributed by atoms with van der Waals surface area (Å²) in [5, 5.41) is 0. The van der Waals surface area contributed by atoms with Gasteiger partial charge in [0.1, 0.15) is 6.04 Å². The highest BCUT2D eigenvalue weighted by Gasteiger charge is 2.36. The van der Waals surface area contributed by atoms with Gasteiger partial charge in [0.25, 0.3) is 0 Å². The first-order chi connectivity index (χ1) is 12.7. The summed E-state index contributed by atoms with van der Waals surface area (Å²) in [4.78, 5) is 29.1. The zero-order valence-electron chi connectivity index (χ0n) is 15.2.